The molecule has 1 N–H and O–H groups in total. The Balaban J connectivity index is 1.43. The Bertz CT molecular complexity index is 2170. The third kappa shape index (κ3) is 6.29. The summed E-state index contributed by atoms with van der Waals surface area (Å²) in [4.78, 5) is 45.7. The Hall–Kier alpha value is -5.04. The maximum Gasteiger partial charge on any atom is 0.265 e. The lowest BCUT2D eigenvalue weighted by Crippen LogP contribution is -2.68. The van der Waals surface area contributed by atoms with Gasteiger partial charge in [-0.2, -0.15) is 0 Å². The van der Waals surface area contributed by atoms with E-state index in [2.05, 4.69) is 5.16 Å². The molecule has 3 aromatic carbocycles. The van der Waals surface area contributed by atoms with Crippen LogP contribution in [0.4, 0.5) is 0 Å². The fraction of sp³-hybridized carbons (Fsp3) is 0.395. The molecular weight excluding hydrogens is 717 g/mol. The Morgan fingerprint density at radius 2 is 1.58 bits per heavy atom. The van der Waals surface area contributed by atoms with Crippen molar-refractivity contribution in [3.8, 4) is 17.4 Å². The standard InChI is InChI=1S/C43H48N2O9Si/c1-42(2,3)55(7,8)54-43-30(35(45(4)5)38-34(40(43)49)41(44-53-38)52-24-26-17-13-10-14-18-26)20-27-19-29-31(50-6)21-28(22-46)37(33(29)36(47)32(27)39(43)48)51-23-25-15-11-9-12-16-25/h9-18,21-22,27,30,35,47H,19-20,23-24H2,1-8H3/t27-,30-,35-,43?/m0/s1. The lowest BCUT2D eigenvalue weighted by atomic mass is 9.57. The molecule has 11 nitrogen and oxygen atoms in total. The maximum absolute atomic E-state index is 15.7. The predicted molar refractivity (Wildman–Crippen MR) is 208 cm³/mol. The van der Waals surface area contributed by atoms with Crippen LogP contribution in [0.25, 0.3) is 5.76 Å². The first-order chi connectivity index (χ1) is 26.1. The number of carbonyl (C=O) groups excluding carboxylic acids is 3. The van der Waals surface area contributed by atoms with Crippen molar-refractivity contribution in [1.29, 1.82) is 0 Å². The number of nitrogens with zero attached hydrogens (tertiary/aromatic N) is 2. The molecule has 55 heavy (non-hydrogen) atoms. The number of ketones is 2. The number of rotatable bonds is 11. The minimum absolute atomic E-state index is 0.0218. The van der Waals surface area contributed by atoms with E-state index in [1.807, 2.05) is 114 Å². The number of aliphatic hydroxyl groups excluding tert-OH is 1. The molecule has 0 aliphatic heterocycles. The number of aldehydes is 1. The Morgan fingerprint density at radius 3 is 2.15 bits per heavy atom. The summed E-state index contributed by atoms with van der Waals surface area (Å²) >= 11 is 0. The highest BCUT2D eigenvalue weighted by atomic mass is 28.4. The summed E-state index contributed by atoms with van der Waals surface area (Å²) in [7, 11) is 2.31. The number of carbonyl (C=O) groups is 3. The second-order valence-electron chi connectivity index (χ2n) is 16.4. The molecule has 1 fully saturated rings. The van der Waals surface area contributed by atoms with Gasteiger partial charge >= 0.3 is 0 Å². The summed E-state index contributed by atoms with van der Waals surface area (Å²) in [6.07, 6.45) is 1.21. The zero-order chi connectivity index (χ0) is 39.4. The van der Waals surface area contributed by atoms with Crippen LogP contribution in [0.2, 0.25) is 18.1 Å². The molecule has 4 atom stereocenters. The van der Waals surface area contributed by atoms with Gasteiger partial charge in [-0.3, -0.25) is 19.3 Å². The highest BCUT2D eigenvalue weighted by Gasteiger charge is 2.69. The molecule has 12 heteroatoms. The van der Waals surface area contributed by atoms with Gasteiger partial charge in [-0.1, -0.05) is 81.4 Å². The average Bonchev–Trinajstić information content (AvgIpc) is 3.57. The first kappa shape index (κ1) is 38.2. The van der Waals surface area contributed by atoms with E-state index in [1.165, 1.54) is 7.11 Å². The molecule has 1 aromatic heterocycles. The minimum atomic E-state index is -2.94. The van der Waals surface area contributed by atoms with Crippen molar-refractivity contribution in [3.63, 3.8) is 0 Å². The van der Waals surface area contributed by atoms with Crippen LogP contribution in [0.1, 0.15) is 82.0 Å². The summed E-state index contributed by atoms with van der Waals surface area (Å²) in [5, 5.41) is 16.3. The molecule has 0 saturated heterocycles. The molecule has 1 saturated carbocycles. The van der Waals surface area contributed by atoms with E-state index >= 15 is 9.59 Å². The number of Topliss-reactive ketones (excluding diaryl/α,β-unsaturated/α-hetero) is 2. The summed E-state index contributed by atoms with van der Waals surface area (Å²) in [5.41, 5.74) is 0.729. The predicted octanol–water partition coefficient (Wildman–Crippen LogP) is 7.94. The van der Waals surface area contributed by atoms with Gasteiger partial charge in [0.05, 0.1) is 24.3 Å². The number of aromatic nitrogens is 1. The largest absolute Gasteiger partial charge is 0.507 e. The molecule has 3 aliphatic rings. The van der Waals surface area contributed by atoms with E-state index in [0.717, 1.165) is 11.1 Å². The minimum Gasteiger partial charge on any atom is -0.507 e. The van der Waals surface area contributed by atoms with Crippen LogP contribution in [0.3, 0.4) is 0 Å². The van der Waals surface area contributed by atoms with E-state index in [4.69, 9.17) is 23.2 Å². The topological polar surface area (TPSA) is 138 Å². The van der Waals surface area contributed by atoms with Crippen LogP contribution in [0.5, 0.6) is 17.4 Å². The Morgan fingerprint density at radius 1 is 0.964 bits per heavy atom. The van der Waals surface area contributed by atoms with Crippen molar-refractivity contribution >= 4 is 31.9 Å². The van der Waals surface area contributed by atoms with Crippen molar-refractivity contribution < 1.29 is 42.6 Å². The quantitative estimate of drug-likeness (QED) is 0.0905. The molecule has 3 aliphatic carbocycles. The van der Waals surface area contributed by atoms with Gasteiger partial charge < -0.3 is 28.3 Å². The summed E-state index contributed by atoms with van der Waals surface area (Å²) < 4.78 is 31.5. The molecule has 0 spiro atoms. The van der Waals surface area contributed by atoms with E-state index < -0.39 is 48.4 Å². The number of hydrogen-bond donors (Lipinski definition) is 1. The fourth-order valence-corrected chi connectivity index (χ4v) is 9.60. The molecule has 1 unspecified atom stereocenters. The normalized spacial score (nSPS) is 22.1. The number of ether oxygens (including phenoxy) is 3. The van der Waals surface area contributed by atoms with Crippen molar-refractivity contribution in [2.75, 3.05) is 21.2 Å². The molecule has 0 amide bonds. The summed E-state index contributed by atoms with van der Waals surface area (Å²) in [6, 6.07) is 19.9. The van der Waals surface area contributed by atoms with Gasteiger partial charge in [0.25, 0.3) is 5.88 Å². The average molecular weight is 765 g/mol. The molecule has 1 heterocycles. The second kappa shape index (κ2) is 14.2. The maximum atomic E-state index is 15.7. The van der Waals surface area contributed by atoms with E-state index in [0.29, 0.717) is 23.4 Å². The highest BCUT2D eigenvalue weighted by Crippen LogP contribution is 2.59. The molecule has 0 bridgehead atoms. The molecule has 288 valence electrons. The fourth-order valence-electron chi connectivity index (χ4n) is 8.15. The Kier molecular flexibility index (Phi) is 9.89. The molecule has 7 rings (SSSR count). The van der Waals surface area contributed by atoms with Gasteiger partial charge in [-0.05, 0) is 73.3 Å². The van der Waals surface area contributed by atoms with E-state index in [-0.39, 0.29) is 65.7 Å². The first-order valence-corrected chi connectivity index (χ1v) is 21.5. The zero-order valence-electron chi connectivity index (χ0n) is 32.6. The summed E-state index contributed by atoms with van der Waals surface area (Å²) in [5.74, 6) is -2.04. The van der Waals surface area contributed by atoms with Crippen molar-refractivity contribution in [1.82, 2.24) is 10.1 Å². The monoisotopic (exact) mass is 764 g/mol. The third-order valence-corrected chi connectivity index (χ3v) is 16.3. The Labute approximate surface area is 322 Å². The zero-order valence-corrected chi connectivity index (χ0v) is 33.6. The SMILES string of the molecule is COc1cc(C=O)c(OCc2ccccc2)c2c1C[C@H]1C[C@H]3[C@H](N(C)C)c4onc(OCc5ccccc5)c4C(=O)C3(O[Si](C)(C)C(C)(C)C)C(=O)C1=C2O. The van der Waals surface area contributed by atoms with Crippen molar-refractivity contribution in [2.45, 2.75) is 76.6 Å². The lowest BCUT2D eigenvalue weighted by Gasteiger charge is -2.55. The van der Waals surface area contributed by atoms with Gasteiger partial charge in [-0.15, -0.1) is 0 Å². The van der Waals surface area contributed by atoms with E-state index in [1.54, 1.807) is 6.07 Å². The van der Waals surface area contributed by atoms with Gasteiger partial charge in [-0.25, -0.2) is 0 Å². The van der Waals surface area contributed by atoms with Crippen LogP contribution in [-0.2, 0) is 28.9 Å². The van der Waals surface area contributed by atoms with Crippen molar-refractivity contribution in [2.24, 2.45) is 11.8 Å². The number of methoxy groups -OCH3 is 1. The van der Waals surface area contributed by atoms with Crippen LogP contribution in [-0.4, -0.2) is 68.1 Å². The number of aliphatic hydroxyl groups is 1. The van der Waals surface area contributed by atoms with Gasteiger partial charge in [0.1, 0.15) is 36.0 Å². The van der Waals surface area contributed by atoms with E-state index in [9.17, 15) is 9.90 Å². The van der Waals surface area contributed by atoms with Crippen LogP contribution in [0, 0.1) is 11.8 Å². The molecule has 0 radical (unpaired) electrons. The second-order valence-corrected chi connectivity index (χ2v) is 21.1. The number of benzene rings is 3. The smallest absolute Gasteiger partial charge is 0.265 e. The molecular formula is C43H48N2O9Si. The van der Waals surface area contributed by atoms with Crippen LogP contribution in [0.15, 0.2) is 76.8 Å². The van der Waals surface area contributed by atoms with Crippen molar-refractivity contribution in [3.05, 3.63) is 111 Å². The van der Waals surface area contributed by atoms with Gasteiger partial charge in [0.15, 0.2) is 26.0 Å². The van der Waals surface area contributed by atoms with Crippen LogP contribution < -0.4 is 14.2 Å². The number of fused-ring (bicyclic) bond motifs is 4. The van der Waals surface area contributed by atoms with Gasteiger partial charge in [0.2, 0.25) is 11.6 Å². The van der Waals surface area contributed by atoms with Crippen LogP contribution >= 0.6 is 0 Å². The summed E-state index contributed by atoms with van der Waals surface area (Å²) in [6.45, 7) is 10.4. The highest BCUT2D eigenvalue weighted by molar-refractivity contribution is 6.74. The first-order valence-electron chi connectivity index (χ1n) is 18.6. The molecule has 4 aromatic rings. The van der Waals surface area contributed by atoms with Gasteiger partial charge in [0, 0.05) is 17.1 Å². The third-order valence-electron chi connectivity index (χ3n) is 11.8. The lowest BCUT2D eigenvalue weighted by molar-refractivity contribution is -0.140. The number of hydrogen-bond acceptors (Lipinski definition) is 11.